The van der Waals surface area contributed by atoms with Gasteiger partial charge >= 0.3 is 0 Å². The van der Waals surface area contributed by atoms with Gasteiger partial charge in [-0.15, -0.1) is 0 Å². The second-order valence-corrected chi connectivity index (χ2v) is 7.92. The number of halogens is 1. The summed E-state index contributed by atoms with van der Waals surface area (Å²) in [6.07, 6.45) is 4.17. The summed E-state index contributed by atoms with van der Waals surface area (Å²) < 4.78 is 27.6. The third-order valence-corrected chi connectivity index (χ3v) is 5.64. The van der Waals surface area contributed by atoms with E-state index < -0.39 is 16.1 Å². The molecule has 2 N–H and O–H groups in total. The summed E-state index contributed by atoms with van der Waals surface area (Å²) in [6.45, 7) is 1.56. The van der Waals surface area contributed by atoms with Gasteiger partial charge in [0.15, 0.2) is 0 Å². The lowest BCUT2D eigenvalue weighted by molar-refractivity contribution is -0.123. The fourth-order valence-corrected chi connectivity index (χ4v) is 3.83. The zero-order chi connectivity index (χ0) is 15.5. The molecular formula is C14H19BrN2O3S. The summed E-state index contributed by atoms with van der Waals surface area (Å²) in [5.74, 6) is -0.275. The van der Waals surface area contributed by atoms with Crippen molar-refractivity contribution in [2.45, 2.75) is 49.6 Å². The first-order chi connectivity index (χ1) is 9.88. The Kier molecular flexibility index (Phi) is 5.40. The Hall–Kier alpha value is -0.920. The van der Waals surface area contributed by atoms with Gasteiger partial charge in [-0.1, -0.05) is 28.8 Å². The van der Waals surface area contributed by atoms with Crippen LogP contribution in [0.1, 0.15) is 32.6 Å². The molecule has 0 heterocycles. The smallest absolute Gasteiger partial charge is 0.241 e. The lowest BCUT2D eigenvalue weighted by atomic mass is 10.2. The number of carbonyl (C=O) groups is 1. The molecule has 0 saturated heterocycles. The van der Waals surface area contributed by atoms with Crippen LogP contribution in [-0.4, -0.2) is 26.4 Å². The van der Waals surface area contributed by atoms with E-state index >= 15 is 0 Å². The van der Waals surface area contributed by atoms with E-state index in [0.29, 0.717) is 0 Å². The molecule has 1 amide bonds. The lowest BCUT2D eigenvalue weighted by Crippen LogP contribution is -2.47. The van der Waals surface area contributed by atoms with Gasteiger partial charge < -0.3 is 5.32 Å². The number of rotatable bonds is 5. The van der Waals surface area contributed by atoms with Crippen LogP contribution in [-0.2, 0) is 14.8 Å². The Bertz CT molecular complexity index is 595. The highest BCUT2D eigenvalue weighted by molar-refractivity contribution is 9.10. The molecule has 1 aromatic carbocycles. The van der Waals surface area contributed by atoms with E-state index in [2.05, 4.69) is 26.0 Å². The fraction of sp³-hybridized carbons (Fsp3) is 0.500. The van der Waals surface area contributed by atoms with Crippen LogP contribution in [0.15, 0.2) is 33.6 Å². The molecule has 7 heteroatoms. The topological polar surface area (TPSA) is 75.3 Å². The van der Waals surface area contributed by atoms with Gasteiger partial charge in [-0.25, -0.2) is 8.42 Å². The van der Waals surface area contributed by atoms with E-state index in [1.165, 1.54) is 12.1 Å². The van der Waals surface area contributed by atoms with Gasteiger partial charge in [0.1, 0.15) is 0 Å². The molecule has 5 nitrogen and oxygen atoms in total. The second kappa shape index (κ2) is 6.89. The quantitative estimate of drug-likeness (QED) is 0.828. The maximum Gasteiger partial charge on any atom is 0.241 e. The molecule has 0 unspecified atom stereocenters. The van der Waals surface area contributed by atoms with E-state index in [-0.39, 0.29) is 16.8 Å². The van der Waals surface area contributed by atoms with Crippen LogP contribution in [0.5, 0.6) is 0 Å². The van der Waals surface area contributed by atoms with E-state index in [0.717, 1.165) is 30.2 Å². The van der Waals surface area contributed by atoms with Gasteiger partial charge in [0.05, 0.1) is 10.9 Å². The van der Waals surface area contributed by atoms with Crippen molar-refractivity contribution in [3.05, 3.63) is 28.7 Å². The minimum atomic E-state index is -3.69. The minimum Gasteiger partial charge on any atom is -0.352 e. The van der Waals surface area contributed by atoms with Gasteiger partial charge in [-0.05, 0) is 44.0 Å². The summed E-state index contributed by atoms with van der Waals surface area (Å²) in [6, 6.07) is 5.67. The van der Waals surface area contributed by atoms with Crippen molar-refractivity contribution in [2.75, 3.05) is 0 Å². The molecule has 1 fully saturated rings. The third kappa shape index (κ3) is 4.52. The second-order valence-electron chi connectivity index (χ2n) is 5.29. The summed E-state index contributed by atoms with van der Waals surface area (Å²) >= 11 is 3.26. The SMILES string of the molecule is C[C@@H](NS(=O)(=O)c1ccc(Br)cc1)C(=O)NC1CCCC1. The molecule has 1 atom stereocenters. The Morgan fingerprint density at radius 1 is 1.24 bits per heavy atom. The number of benzene rings is 1. The van der Waals surface area contributed by atoms with Crippen molar-refractivity contribution < 1.29 is 13.2 Å². The van der Waals surface area contributed by atoms with Gasteiger partial charge in [-0.2, -0.15) is 4.72 Å². The zero-order valence-corrected chi connectivity index (χ0v) is 14.2. The van der Waals surface area contributed by atoms with Crippen LogP contribution in [0.25, 0.3) is 0 Å². The maximum absolute atomic E-state index is 12.2. The Morgan fingerprint density at radius 2 is 1.81 bits per heavy atom. The first kappa shape index (κ1) is 16.5. The zero-order valence-electron chi connectivity index (χ0n) is 11.8. The van der Waals surface area contributed by atoms with Crippen LogP contribution < -0.4 is 10.0 Å². The summed E-state index contributed by atoms with van der Waals surface area (Å²) in [5.41, 5.74) is 0. The van der Waals surface area contributed by atoms with E-state index in [1.807, 2.05) is 0 Å². The van der Waals surface area contributed by atoms with Gasteiger partial charge in [-0.3, -0.25) is 4.79 Å². The van der Waals surface area contributed by atoms with E-state index in [1.54, 1.807) is 19.1 Å². The highest BCUT2D eigenvalue weighted by Crippen LogP contribution is 2.18. The molecular weight excluding hydrogens is 356 g/mol. The Balaban J connectivity index is 1.98. The van der Waals surface area contributed by atoms with Crippen LogP contribution >= 0.6 is 15.9 Å². The Morgan fingerprint density at radius 3 is 2.38 bits per heavy atom. The molecule has 1 aliphatic carbocycles. The Labute approximate surface area is 133 Å². The highest BCUT2D eigenvalue weighted by Gasteiger charge is 2.24. The standard InChI is InChI=1S/C14H19BrN2O3S/c1-10(14(18)16-12-4-2-3-5-12)17-21(19,20)13-8-6-11(15)7-9-13/h6-10,12,17H,2-5H2,1H3,(H,16,18)/t10-/m1/s1. The van der Waals surface area contributed by atoms with E-state index in [4.69, 9.17) is 0 Å². The number of hydrogen-bond acceptors (Lipinski definition) is 3. The lowest BCUT2D eigenvalue weighted by Gasteiger charge is -2.17. The molecule has 0 bridgehead atoms. The molecule has 0 aromatic heterocycles. The molecule has 0 spiro atoms. The molecule has 1 saturated carbocycles. The summed E-state index contributed by atoms with van der Waals surface area (Å²) in [7, 11) is -3.69. The predicted octanol–water partition coefficient (Wildman–Crippen LogP) is 2.17. The van der Waals surface area contributed by atoms with Crippen molar-refractivity contribution in [2.24, 2.45) is 0 Å². The summed E-state index contributed by atoms with van der Waals surface area (Å²) in [5, 5.41) is 2.89. The molecule has 2 rings (SSSR count). The number of nitrogens with one attached hydrogen (secondary N) is 2. The van der Waals surface area contributed by atoms with Crippen molar-refractivity contribution in [3.63, 3.8) is 0 Å². The van der Waals surface area contributed by atoms with Gasteiger partial charge in [0, 0.05) is 10.5 Å². The first-order valence-corrected chi connectivity index (χ1v) is 9.24. The molecule has 0 radical (unpaired) electrons. The number of carbonyl (C=O) groups excluding carboxylic acids is 1. The third-order valence-electron chi connectivity index (χ3n) is 3.55. The van der Waals surface area contributed by atoms with Crippen molar-refractivity contribution in [1.82, 2.24) is 10.0 Å². The van der Waals surface area contributed by atoms with Gasteiger partial charge in [0.2, 0.25) is 15.9 Å². The monoisotopic (exact) mass is 374 g/mol. The molecule has 21 heavy (non-hydrogen) atoms. The fourth-order valence-electron chi connectivity index (χ4n) is 2.36. The average Bonchev–Trinajstić information content (AvgIpc) is 2.91. The molecule has 1 aromatic rings. The van der Waals surface area contributed by atoms with Gasteiger partial charge in [0.25, 0.3) is 0 Å². The average molecular weight is 375 g/mol. The van der Waals surface area contributed by atoms with Crippen LogP contribution in [0, 0.1) is 0 Å². The number of hydrogen-bond donors (Lipinski definition) is 2. The minimum absolute atomic E-state index is 0.145. The normalized spacial score (nSPS) is 17.6. The van der Waals surface area contributed by atoms with Crippen LogP contribution in [0.4, 0.5) is 0 Å². The maximum atomic E-state index is 12.2. The van der Waals surface area contributed by atoms with E-state index in [9.17, 15) is 13.2 Å². The van der Waals surface area contributed by atoms with Crippen molar-refractivity contribution in [1.29, 1.82) is 0 Å². The highest BCUT2D eigenvalue weighted by atomic mass is 79.9. The van der Waals surface area contributed by atoms with Crippen molar-refractivity contribution in [3.8, 4) is 0 Å². The van der Waals surface area contributed by atoms with Crippen LogP contribution in [0.3, 0.4) is 0 Å². The van der Waals surface area contributed by atoms with Crippen LogP contribution in [0.2, 0.25) is 0 Å². The molecule has 0 aliphatic heterocycles. The first-order valence-electron chi connectivity index (χ1n) is 6.97. The molecule has 1 aliphatic rings. The number of amides is 1. The molecule has 116 valence electrons. The largest absolute Gasteiger partial charge is 0.352 e. The predicted molar refractivity (Wildman–Crippen MR) is 84.3 cm³/mol. The van der Waals surface area contributed by atoms with Crippen molar-refractivity contribution >= 4 is 31.9 Å². The summed E-state index contributed by atoms with van der Waals surface area (Å²) in [4.78, 5) is 12.2. The number of sulfonamides is 1.